The van der Waals surface area contributed by atoms with E-state index < -0.39 is 11.4 Å². The first-order chi connectivity index (χ1) is 8.58. The quantitative estimate of drug-likeness (QED) is 0.651. The van der Waals surface area contributed by atoms with Gasteiger partial charge in [-0.25, -0.2) is 0 Å². The number of carbonyl (C=O) groups excluding carboxylic acids is 2. The highest BCUT2D eigenvalue weighted by Gasteiger charge is 2.51. The lowest BCUT2D eigenvalue weighted by molar-refractivity contribution is -0.165. The predicted molar refractivity (Wildman–Crippen MR) is 63.6 cm³/mol. The number of aryl methyl sites for hydroxylation is 1. The van der Waals surface area contributed by atoms with Crippen molar-refractivity contribution in [2.75, 3.05) is 7.11 Å². The second-order valence-electron chi connectivity index (χ2n) is 4.62. The van der Waals surface area contributed by atoms with Crippen LogP contribution < -0.4 is 5.32 Å². The molecular formula is C13H17NO4. The fourth-order valence-electron chi connectivity index (χ4n) is 2.17. The molecule has 0 aromatic carbocycles. The van der Waals surface area contributed by atoms with Gasteiger partial charge in [-0.1, -0.05) is 6.42 Å². The van der Waals surface area contributed by atoms with Crippen molar-refractivity contribution in [3.8, 4) is 0 Å². The Morgan fingerprint density at radius 2 is 2.17 bits per heavy atom. The smallest absolute Gasteiger partial charge is 0.321 e. The molecule has 1 saturated carbocycles. The Labute approximate surface area is 105 Å². The van der Waals surface area contributed by atoms with Gasteiger partial charge in [0.2, 0.25) is 5.91 Å². The summed E-state index contributed by atoms with van der Waals surface area (Å²) >= 11 is 0. The SMILES string of the molecule is COC(=O)C1(C(=O)NCc2ccc(C)o2)CCC1. The fraction of sp³-hybridized carbons (Fsp3) is 0.538. The number of rotatable bonds is 4. The molecule has 0 unspecified atom stereocenters. The normalized spacial score (nSPS) is 16.8. The number of hydrogen-bond donors (Lipinski definition) is 1. The van der Waals surface area contributed by atoms with E-state index in [1.54, 1.807) is 6.07 Å². The van der Waals surface area contributed by atoms with Crippen LogP contribution in [0.5, 0.6) is 0 Å². The van der Waals surface area contributed by atoms with Gasteiger partial charge in [-0.15, -0.1) is 0 Å². The second kappa shape index (κ2) is 4.84. The second-order valence-corrected chi connectivity index (χ2v) is 4.62. The first-order valence-corrected chi connectivity index (χ1v) is 6.00. The highest BCUT2D eigenvalue weighted by atomic mass is 16.5. The van der Waals surface area contributed by atoms with Crippen LogP contribution in [0.1, 0.15) is 30.8 Å². The van der Waals surface area contributed by atoms with Crippen LogP contribution in [-0.2, 0) is 20.9 Å². The average Bonchev–Trinajstić information content (AvgIpc) is 2.70. The van der Waals surface area contributed by atoms with Gasteiger partial charge in [0.15, 0.2) is 0 Å². The Bertz CT molecular complexity index is 459. The van der Waals surface area contributed by atoms with Gasteiger partial charge >= 0.3 is 5.97 Å². The molecule has 1 fully saturated rings. The van der Waals surface area contributed by atoms with Gasteiger partial charge < -0.3 is 14.5 Å². The van der Waals surface area contributed by atoms with E-state index in [1.165, 1.54) is 7.11 Å². The highest BCUT2D eigenvalue weighted by molar-refractivity contribution is 6.03. The van der Waals surface area contributed by atoms with E-state index in [0.29, 0.717) is 25.1 Å². The zero-order chi connectivity index (χ0) is 13.2. The maximum Gasteiger partial charge on any atom is 0.321 e. The third kappa shape index (κ3) is 2.12. The molecule has 1 aromatic rings. The molecule has 1 aliphatic rings. The molecule has 0 spiro atoms. The molecule has 0 radical (unpaired) electrons. The molecule has 1 aliphatic carbocycles. The van der Waals surface area contributed by atoms with Gasteiger partial charge in [0.05, 0.1) is 13.7 Å². The van der Waals surface area contributed by atoms with Gasteiger partial charge in [0.1, 0.15) is 16.9 Å². The number of carbonyl (C=O) groups is 2. The molecule has 1 aromatic heterocycles. The minimum Gasteiger partial charge on any atom is -0.468 e. The molecule has 0 atom stereocenters. The molecule has 18 heavy (non-hydrogen) atoms. The summed E-state index contributed by atoms with van der Waals surface area (Å²) in [6.07, 6.45) is 1.99. The molecule has 98 valence electrons. The molecule has 1 heterocycles. The zero-order valence-electron chi connectivity index (χ0n) is 10.6. The lowest BCUT2D eigenvalue weighted by Gasteiger charge is -2.36. The van der Waals surface area contributed by atoms with E-state index in [2.05, 4.69) is 5.32 Å². The standard InChI is InChI=1S/C13H17NO4/c1-9-4-5-10(18-9)8-14-11(15)13(6-3-7-13)12(16)17-2/h4-5H,3,6-8H2,1-2H3,(H,14,15). The Morgan fingerprint density at radius 1 is 1.44 bits per heavy atom. The number of furan rings is 1. The Kier molecular flexibility index (Phi) is 3.41. The van der Waals surface area contributed by atoms with Gasteiger partial charge in [0, 0.05) is 0 Å². The van der Waals surface area contributed by atoms with E-state index in [0.717, 1.165) is 12.2 Å². The van der Waals surface area contributed by atoms with Crippen LogP contribution in [0.15, 0.2) is 16.5 Å². The van der Waals surface area contributed by atoms with Crippen LogP contribution in [0.2, 0.25) is 0 Å². The van der Waals surface area contributed by atoms with Crippen LogP contribution >= 0.6 is 0 Å². The topological polar surface area (TPSA) is 68.5 Å². The van der Waals surface area contributed by atoms with Crippen LogP contribution in [0, 0.1) is 12.3 Å². The molecule has 0 bridgehead atoms. The van der Waals surface area contributed by atoms with E-state index in [9.17, 15) is 9.59 Å². The lowest BCUT2D eigenvalue weighted by atomic mass is 9.68. The number of amides is 1. The van der Waals surface area contributed by atoms with Crippen LogP contribution in [-0.4, -0.2) is 19.0 Å². The molecule has 1 amide bonds. The number of ether oxygens (including phenoxy) is 1. The van der Waals surface area contributed by atoms with Gasteiger partial charge in [-0.3, -0.25) is 9.59 Å². The van der Waals surface area contributed by atoms with Crippen molar-refractivity contribution in [3.63, 3.8) is 0 Å². The summed E-state index contributed by atoms with van der Waals surface area (Å²) in [7, 11) is 1.31. The summed E-state index contributed by atoms with van der Waals surface area (Å²) in [5, 5.41) is 2.74. The minimum atomic E-state index is -0.976. The highest BCUT2D eigenvalue weighted by Crippen LogP contribution is 2.42. The first kappa shape index (κ1) is 12.7. The molecular weight excluding hydrogens is 234 g/mol. The number of methoxy groups -OCH3 is 1. The van der Waals surface area contributed by atoms with Gasteiger partial charge in [-0.05, 0) is 31.9 Å². The summed E-state index contributed by atoms with van der Waals surface area (Å²) in [5.41, 5.74) is -0.976. The predicted octanol–water partition coefficient (Wildman–Crippen LogP) is 1.55. The van der Waals surface area contributed by atoms with Crippen molar-refractivity contribution in [3.05, 3.63) is 23.7 Å². The summed E-state index contributed by atoms with van der Waals surface area (Å²) < 4.78 is 10.1. The van der Waals surface area contributed by atoms with Gasteiger partial charge in [-0.2, -0.15) is 0 Å². The van der Waals surface area contributed by atoms with Crippen molar-refractivity contribution in [2.24, 2.45) is 5.41 Å². The first-order valence-electron chi connectivity index (χ1n) is 6.00. The molecule has 5 heteroatoms. The third-order valence-corrected chi connectivity index (χ3v) is 3.44. The van der Waals surface area contributed by atoms with Crippen molar-refractivity contribution in [1.29, 1.82) is 0 Å². The van der Waals surface area contributed by atoms with Crippen LogP contribution in [0.4, 0.5) is 0 Å². The summed E-state index contributed by atoms with van der Waals surface area (Å²) in [4.78, 5) is 23.7. The molecule has 2 rings (SSSR count). The molecule has 0 saturated heterocycles. The van der Waals surface area contributed by atoms with E-state index in [4.69, 9.17) is 9.15 Å². The summed E-state index contributed by atoms with van der Waals surface area (Å²) in [6.45, 7) is 2.14. The van der Waals surface area contributed by atoms with Crippen LogP contribution in [0.25, 0.3) is 0 Å². The molecule has 1 N–H and O–H groups in total. The largest absolute Gasteiger partial charge is 0.468 e. The molecule has 5 nitrogen and oxygen atoms in total. The summed E-state index contributed by atoms with van der Waals surface area (Å²) in [6, 6.07) is 3.64. The van der Waals surface area contributed by atoms with Gasteiger partial charge in [0.25, 0.3) is 0 Å². The summed E-state index contributed by atoms with van der Waals surface area (Å²) in [5.74, 6) is 0.766. The number of esters is 1. The molecule has 0 aliphatic heterocycles. The van der Waals surface area contributed by atoms with E-state index in [1.807, 2.05) is 13.0 Å². The van der Waals surface area contributed by atoms with E-state index in [-0.39, 0.29) is 5.91 Å². The zero-order valence-corrected chi connectivity index (χ0v) is 10.6. The maximum atomic E-state index is 12.1. The van der Waals surface area contributed by atoms with Crippen molar-refractivity contribution >= 4 is 11.9 Å². The number of nitrogens with one attached hydrogen (secondary N) is 1. The van der Waals surface area contributed by atoms with Crippen LogP contribution in [0.3, 0.4) is 0 Å². The Hall–Kier alpha value is -1.78. The minimum absolute atomic E-state index is 0.269. The fourth-order valence-corrected chi connectivity index (χ4v) is 2.17. The maximum absolute atomic E-state index is 12.1. The van der Waals surface area contributed by atoms with Crippen molar-refractivity contribution < 1.29 is 18.7 Å². The number of hydrogen-bond acceptors (Lipinski definition) is 4. The Balaban J connectivity index is 1.96. The van der Waals surface area contributed by atoms with Crippen molar-refractivity contribution in [2.45, 2.75) is 32.7 Å². The average molecular weight is 251 g/mol. The monoisotopic (exact) mass is 251 g/mol. The Morgan fingerprint density at radius 3 is 2.61 bits per heavy atom. The lowest BCUT2D eigenvalue weighted by Crippen LogP contribution is -2.51. The van der Waals surface area contributed by atoms with E-state index >= 15 is 0 Å². The third-order valence-electron chi connectivity index (χ3n) is 3.44. The van der Waals surface area contributed by atoms with Crippen molar-refractivity contribution in [1.82, 2.24) is 5.32 Å².